The van der Waals surface area contributed by atoms with Crippen molar-refractivity contribution < 1.29 is 63.2 Å². The summed E-state index contributed by atoms with van der Waals surface area (Å²) in [6.07, 6.45) is 4.25. The van der Waals surface area contributed by atoms with Crippen molar-refractivity contribution in [3.05, 3.63) is 59.4 Å². The highest BCUT2D eigenvalue weighted by atomic mass is 16.7. The molecule has 18 atom stereocenters. The van der Waals surface area contributed by atoms with E-state index in [1.54, 1.807) is 32.9 Å². The van der Waals surface area contributed by atoms with Gasteiger partial charge in [-0.2, -0.15) is 0 Å². The van der Waals surface area contributed by atoms with E-state index < -0.39 is 91.2 Å². The van der Waals surface area contributed by atoms with Gasteiger partial charge in [0.05, 0.1) is 55.9 Å². The normalized spacial score (nSPS) is 41.4. The van der Waals surface area contributed by atoms with E-state index in [0.717, 1.165) is 5.57 Å². The molecule has 2 fully saturated rings. The van der Waals surface area contributed by atoms with Gasteiger partial charge >= 0.3 is 12.1 Å². The molecule has 14 nitrogen and oxygen atoms in total. The number of allylic oxidation sites excluding steroid dienone is 6. The molecule has 2 saturated heterocycles. The van der Waals surface area contributed by atoms with Crippen LogP contribution in [0.1, 0.15) is 94.9 Å². The molecule has 0 spiro atoms. The molecular weight excluding hydrogens is 775 g/mol. The number of amides is 1. The zero-order chi connectivity index (χ0) is 45.0. The van der Waals surface area contributed by atoms with E-state index >= 15 is 0 Å². The fourth-order valence-corrected chi connectivity index (χ4v) is 8.94. The van der Waals surface area contributed by atoms with Gasteiger partial charge in [-0.15, -0.1) is 0 Å². The molecule has 3 heterocycles. The Labute approximate surface area is 357 Å². The third-order valence-electron chi connectivity index (χ3n) is 12.6. The van der Waals surface area contributed by atoms with Crippen molar-refractivity contribution in [3.8, 4) is 0 Å². The number of esters is 1. The minimum atomic E-state index is -1.07. The largest absolute Gasteiger partial charge is 0.490 e. The molecule has 0 aromatic heterocycles. The SMILES string of the molecule is C/C=C/[C@H]1O[C@@H]([C@@H](C)[C@H](O)[C@H](C)[C@H]2OC(=O)/C(OC)=C/C(C)=C/[C@@H](C)[C@@H](O)[C@@H](CC)[C@@H](O)[C@H](C)C/C(C)=C/C=C/[C@@H]2OC)C[C@@H](O[C@H]2C[C@@H](O)[C@H](OC(N)=O)[C@@H](C)O2)[C@@H]1C. The van der Waals surface area contributed by atoms with Crippen LogP contribution in [0.2, 0.25) is 0 Å². The highest BCUT2D eigenvalue weighted by molar-refractivity contribution is 5.87. The fraction of sp³-hybridized carbons (Fsp3) is 0.739. The second-order valence-electron chi connectivity index (χ2n) is 17.3. The summed E-state index contributed by atoms with van der Waals surface area (Å²) in [7, 11) is 2.89. The standard InChI is InChI=1S/C46H75NO13/c1-13-16-34-28(7)36(58-39-22-33(48)44(31(10)56-39)60-46(47)53)23-37(57-34)29(8)42(51)30(9)43-35(54-11)18-15-17-24(3)19-26(5)40(49)32(14-2)41(50)27(6)20-25(4)21-38(55-12)45(52)59-43/h13,15-18,20-21,26-37,39-44,48-51H,14,19,22-23H2,1-12H3,(H2,47,53)/b16-13+,18-15+,24-17+,25-20+,38-21-/t26-,27-,28-,29-,30+,31-,32+,33-,34-,35+,36-,37-,39+,40+,41-,42+,43-,44-/m1/s1. The van der Waals surface area contributed by atoms with Crippen molar-refractivity contribution >= 4 is 12.1 Å². The quantitative estimate of drug-likeness (QED) is 0.126. The van der Waals surface area contributed by atoms with Gasteiger partial charge in [0.1, 0.15) is 12.2 Å². The van der Waals surface area contributed by atoms with Gasteiger partial charge in [0, 0.05) is 49.5 Å². The number of rotatable bonds is 11. The maximum atomic E-state index is 13.9. The van der Waals surface area contributed by atoms with Gasteiger partial charge in [-0.25, -0.2) is 9.59 Å². The predicted octanol–water partition coefficient (Wildman–Crippen LogP) is 5.66. The molecule has 6 N–H and O–H groups in total. The van der Waals surface area contributed by atoms with Crippen molar-refractivity contribution in [2.45, 2.75) is 168 Å². The average molecular weight is 850 g/mol. The number of aliphatic hydroxyl groups is 4. The third-order valence-corrected chi connectivity index (χ3v) is 12.6. The number of nitrogens with two attached hydrogens (primary N) is 1. The molecule has 0 bridgehead atoms. The number of carbonyl (C=O) groups is 2. The van der Waals surface area contributed by atoms with Gasteiger partial charge in [0.2, 0.25) is 5.76 Å². The lowest BCUT2D eigenvalue weighted by Crippen LogP contribution is -2.54. The minimum Gasteiger partial charge on any atom is -0.490 e. The number of ether oxygens (including phenoxy) is 7. The van der Waals surface area contributed by atoms with Crippen molar-refractivity contribution in [1.82, 2.24) is 0 Å². The Hall–Kier alpha value is -3.08. The number of carbonyl (C=O) groups excluding carboxylic acids is 2. The molecule has 0 radical (unpaired) electrons. The summed E-state index contributed by atoms with van der Waals surface area (Å²) < 4.78 is 41.9. The molecule has 0 saturated carbocycles. The number of cyclic esters (lactones) is 1. The summed E-state index contributed by atoms with van der Waals surface area (Å²) in [5.74, 6) is -2.97. The molecule has 0 unspecified atom stereocenters. The van der Waals surface area contributed by atoms with Crippen LogP contribution in [-0.4, -0.2) is 120 Å². The molecule has 14 heteroatoms. The molecule has 60 heavy (non-hydrogen) atoms. The third kappa shape index (κ3) is 13.7. The zero-order valence-electron chi connectivity index (χ0n) is 37.8. The van der Waals surface area contributed by atoms with Gasteiger partial charge in [-0.1, -0.05) is 89.1 Å². The Bertz CT molecular complexity index is 1510. The van der Waals surface area contributed by atoms with Crippen LogP contribution >= 0.6 is 0 Å². The Morgan fingerprint density at radius 2 is 1.72 bits per heavy atom. The molecule has 0 aromatic rings. The van der Waals surface area contributed by atoms with E-state index in [9.17, 15) is 30.0 Å². The Morgan fingerprint density at radius 1 is 1.03 bits per heavy atom. The lowest BCUT2D eigenvalue weighted by Gasteiger charge is -2.46. The molecule has 0 aromatic carbocycles. The monoisotopic (exact) mass is 850 g/mol. The first-order chi connectivity index (χ1) is 28.3. The first kappa shape index (κ1) is 51.3. The van der Waals surface area contributed by atoms with Crippen molar-refractivity contribution in [3.63, 3.8) is 0 Å². The van der Waals surface area contributed by atoms with Crippen LogP contribution in [0, 0.1) is 35.5 Å². The maximum Gasteiger partial charge on any atom is 0.404 e. The van der Waals surface area contributed by atoms with E-state index in [0.29, 0.717) is 24.8 Å². The fourth-order valence-electron chi connectivity index (χ4n) is 8.94. The number of aliphatic hydroxyl groups excluding tert-OH is 4. The summed E-state index contributed by atoms with van der Waals surface area (Å²) in [5, 5.41) is 45.7. The number of hydrogen-bond acceptors (Lipinski definition) is 13. The van der Waals surface area contributed by atoms with Crippen molar-refractivity contribution in [1.29, 1.82) is 0 Å². The summed E-state index contributed by atoms with van der Waals surface area (Å²) in [6.45, 7) is 18.9. The van der Waals surface area contributed by atoms with Crippen LogP contribution in [-0.2, 0) is 38.0 Å². The van der Waals surface area contributed by atoms with Crippen LogP contribution in [0.25, 0.3) is 0 Å². The lowest BCUT2D eigenvalue weighted by molar-refractivity contribution is -0.279. The van der Waals surface area contributed by atoms with Crippen LogP contribution in [0.4, 0.5) is 4.79 Å². The maximum absolute atomic E-state index is 13.9. The topological polar surface area (TPSA) is 206 Å². The van der Waals surface area contributed by atoms with Crippen LogP contribution in [0.5, 0.6) is 0 Å². The molecule has 1 amide bonds. The molecular formula is C46H75NO13. The summed E-state index contributed by atoms with van der Waals surface area (Å²) in [5.41, 5.74) is 6.87. The smallest absolute Gasteiger partial charge is 0.404 e. The van der Waals surface area contributed by atoms with E-state index in [2.05, 4.69) is 0 Å². The highest BCUT2D eigenvalue weighted by Crippen LogP contribution is 2.38. The van der Waals surface area contributed by atoms with Gasteiger partial charge in [-0.05, 0) is 52.5 Å². The molecule has 3 aliphatic rings. The van der Waals surface area contributed by atoms with Gasteiger partial charge in [0.15, 0.2) is 12.4 Å². The summed E-state index contributed by atoms with van der Waals surface area (Å²) >= 11 is 0. The second-order valence-corrected chi connectivity index (χ2v) is 17.3. The molecule has 342 valence electrons. The van der Waals surface area contributed by atoms with Crippen molar-refractivity contribution in [2.75, 3.05) is 14.2 Å². The minimum absolute atomic E-state index is 0.0583. The number of primary amides is 1. The first-order valence-electron chi connectivity index (χ1n) is 21.6. The molecule has 3 rings (SSSR count). The Balaban J connectivity index is 1.96. The number of hydrogen-bond donors (Lipinski definition) is 5. The van der Waals surface area contributed by atoms with E-state index in [1.807, 2.05) is 78.8 Å². The van der Waals surface area contributed by atoms with Crippen LogP contribution in [0.3, 0.4) is 0 Å². The first-order valence-corrected chi connectivity index (χ1v) is 21.6. The van der Waals surface area contributed by atoms with E-state index in [1.165, 1.54) is 14.2 Å². The second kappa shape index (κ2) is 23.9. The molecule has 0 aliphatic carbocycles. The highest BCUT2D eigenvalue weighted by Gasteiger charge is 2.46. The Morgan fingerprint density at radius 3 is 2.30 bits per heavy atom. The van der Waals surface area contributed by atoms with E-state index in [4.69, 9.17) is 38.9 Å². The van der Waals surface area contributed by atoms with Gasteiger partial charge in [0.25, 0.3) is 0 Å². The average Bonchev–Trinajstić information content (AvgIpc) is 3.19. The summed E-state index contributed by atoms with van der Waals surface area (Å²) in [6, 6.07) is 0. The van der Waals surface area contributed by atoms with Crippen LogP contribution < -0.4 is 5.73 Å². The van der Waals surface area contributed by atoms with Gasteiger partial charge < -0.3 is 59.3 Å². The Kier molecular flexibility index (Phi) is 20.5. The van der Waals surface area contributed by atoms with Crippen molar-refractivity contribution in [2.24, 2.45) is 41.2 Å². The van der Waals surface area contributed by atoms with E-state index in [-0.39, 0.29) is 42.0 Å². The van der Waals surface area contributed by atoms with Crippen LogP contribution in [0.15, 0.2) is 59.4 Å². The molecule has 3 aliphatic heterocycles. The zero-order valence-corrected chi connectivity index (χ0v) is 37.8. The lowest BCUT2D eigenvalue weighted by atomic mass is 9.79. The van der Waals surface area contributed by atoms with Gasteiger partial charge in [-0.3, -0.25) is 0 Å². The predicted molar refractivity (Wildman–Crippen MR) is 227 cm³/mol. The summed E-state index contributed by atoms with van der Waals surface area (Å²) in [4.78, 5) is 25.3. The number of methoxy groups -OCH3 is 2.